The van der Waals surface area contributed by atoms with Crippen LogP contribution in [0.2, 0.25) is 0 Å². The second-order valence-corrected chi connectivity index (χ2v) is 15.7. The molecule has 0 saturated carbocycles. The average molecular weight is 908 g/mol. The van der Waals surface area contributed by atoms with E-state index in [0.29, 0.717) is 16.0 Å². The lowest BCUT2D eigenvalue weighted by atomic mass is 10.1. The van der Waals surface area contributed by atoms with Crippen molar-refractivity contribution in [1.82, 2.24) is 40.8 Å². The second kappa shape index (κ2) is 19.1. The molecule has 0 spiro atoms. The van der Waals surface area contributed by atoms with Crippen molar-refractivity contribution in [2.75, 3.05) is 21.5 Å². The van der Waals surface area contributed by atoms with E-state index in [1.807, 2.05) is 0 Å². The Labute approximate surface area is 318 Å². The molecule has 4 heterocycles. The van der Waals surface area contributed by atoms with Crippen LogP contribution in [-0.2, 0) is 31.9 Å². The van der Waals surface area contributed by atoms with Crippen molar-refractivity contribution in [2.45, 2.75) is 32.2 Å². The number of hydrogen-bond donors (Lipinski definition) is 1. The number of aromatic nitrogens is 8. The number of sulfonamides is 2. The standard InChI is InChI=1S/C13H10F3N5O3S2.C10H6BrF3N2O.C3H5N3O2S2.CH4/c1-26(22,23)21(13-20-17-6-25-13)5-8-3-2-7(4-9(8)14)11-18-19-12(24-11)10(15)16;11-4-6-2-1-5(3-7(6)12)9-15-16-10(17-9)8(13)14;1-10(7,8)6-3-5-4-2-9-3;/h2-4,6,10H,5H2,1H3;1-3,8H,4H2;2H,1H3,(H,5,6);1H4. The molecule has 0 unspecified atom stereocenters. The Bertz CT molecular complexity index is 2320. The molecule has 27 heteroatoms. The summed E-state index contributed by atoms with van der Waals surface area (Å²) in [5, 5.41) is 28.1. The number of hydrogen-bond acceptors (Lipinski definition) is 16. The molecular formula is C27H25BrF6N10O6S4. The summed E-state index contributed by atoms with van der Waals surface area (Å²) < 4.78 is 135. The Morgan fingerprint density at radius 3 is 1.63 bits per heavy atom. The Kier molecular flexibility index (Phi) is 15.5. The lowest BCUT2D eigenvalue weighted by Crippen LogP contribution is -2.29. The Morgan fingerprint density at radius 2 is 1.26 bits per heavy atom. The van der Waals surface area contributed by atoms with Crippen LogP contribution in [-0.4, -0.2) is 70.1 Å². The smallest absolute Gasteiger partial charge is 0.314 e. The SMILES string of the molecule is C.CS(=O)(=O)N(Cc1ccc(-c2nnc(C(F)F)o2)cc1F)c1nncs1.CS(=O)(=O)Nc1nncs1.Fc1cc(-c2nnc(C(F)F)o2)ccc1CBr. The zero-order valence-electron chi connectivity index (χ0n) is 26.4. The van der Waals surface area contributed by atoms with Crippen molar-refractivity contribution >= 4 is 68.9 Å². The highest BCUT2D eigenvalue weighted by atomic mass is 79.9. The zero-order chi connectivity index (χ0) is 38.9. The molecule has 1 N–H and O–H groups in total. The molecular weight excluding hydrogens is 883 g/mol. The van der Waals surface area contributed by atoms with E-state index in [2.05, 4.69) is 61.4 Å². The first-order valence-corrected chi connectivity index (χ1v) is 20.4. The van der Waals surface area contributed by atoms with Crippen molar-refractivity contribution in [3.63, 3.8) is 0 Å². The fourth-order valence-electron chi connectivity index (χ4n) is 3.61. The fourth-order valence-corrected chi connectivity index (χ4v) is 7.05. The van der Waals surface area contributed by atoms with Gasteiger partial charge in [-0.15, -0.1) is 40.8 Å². The minimum absolute atomic E-state index is 0. The summed E-state index contributed by atoms with van der Waals surface area (Å²) in [6, 6.07) is 7.88. The van der Waals surface area contributed by atoms with Crippen LogP contribution in [0.1, 0.15) is 43.2 Å². The van der Waals surface area contributed by atoms with Crippen LogP contribution < -0.4 is 9.03 Å². The zero-order valence-corrected chi connectivity index (χ0v) is 31.3. The quantitative estimate of drug-likeness (QED) is 0.104. The Balaban J connectivity index is 0.000000240. The first kappa shape index (κ1) is 43.8. The third-order valence-electron chi connectivity index (χ3n) is 5.91. The van der Waals surface area contributed by atoms with Gasteiger partial charge in [0, 0.05) is 22.0 Å². The van der Waals surface area contributed by atoms with Crippen molar-refractivity contribution in [3.05, 3.63) is 82.0 Å². The third-order valence-corrected chi connectivity index (χ3v) is 9.74. The Morgan fingerprint density at radius 1 is 0.759 bits per heavy atom. The van der Waals surface area contributed by atoms with E-state index >= 15 is 0 Å². The van der Waals surface area contributed by atoms with Crippen molar-refractivity contribution in [1.29, 1.82) is 0 Å². The second-order valence-electron chi connectivity index (χ2n) is 9.85. The van der Waals surface area contributed by atoms with Gasteiger partial charge >= 0.3 is 12.9 Å². The van der Waals surface area contributed by atoms with Gasteiger partial charge in [-0.1, -0.05) is 58.2 Å². The van der Waals surface area contributed by atoms with Gasteiger partial charge in [-0.3, -0.25) is 4.72 Å². The van der Waals surface area contributed by atoms with E-state index in [-0.39, 0.29) is 47.6 Å². The minimum Gasteiger partial charge on any atom is -0.415 e. The summed E-state index contributed by atoms with van der Waals surface area (Å²) in [5.74, 6) is -3.27. The van der Waals surface area contributed by atoms with Crippen LogP contribution in [0, 0.1) is 11.6 Å². The number of halogens is 7. The molecule has 292 valence electrons. The molecule has 0 fully saturated rings. The van der Waals surface area contributed by atoms with Gasteiger partial charge in [-0.2, -0.15) is 17.6 Å². The van der Waals surface area contributed by atoms with Crippen LogP contribution >= 0.6 is 38.6 Å². The molecule has 0 amide bonds. The summed E-state index contributed by atoms with van der Waals surface area (Å²) in [5.41, 5.74) is 3.67. The van der Waals surface area contributed by atoms with E-state index in [1.54, 1.807) is 0 Å². The summed E-state index contributed by atoms with van der Waals surface area (Å²) in [7, 11) is -6.91. The molecule has 54 heavy (non-hydrogen) atoms. The molecule has 2 aromatic carbocycles. The topological polar surface area (TPSA) is 213 Å². The van der Waals surface area contributed by atoms with Crippen LogP contribution in [0.4, 0.5) is 36.6 Å². The number of nitrogens with one attached hydrogen (secondary N) is 1. The van der Waals surface area contributed by atoms with Crippen LogP contribution in [0.5, 0.6) is 0 Å². The molecule has 0 aliphatic heterocycles. The number of alkyl halides is 5. The molecule has 6 rings (SSSR count). The molecule has 0 aliphatic carbocycles. The number of anilines is 2. The molecule has 0 atom stereocenters. The molecule has 16 nitrogen and oxygen atoms in total. The highest BCUT2D eigenvalue weighted by molar-refractivity contribution is 9.08. The van der Waals surface area contributed by atoms with Gasteiger partial charge < -0.3 is 8.83 Å². The van der Waals surface area contributed by atoms with Gasteiger partial charge in [0.1, 0.15) is 22.7 Å². The molecule has 0 bridgehead atoms. The largest absolute Gasteiger partial charge is 0.415 e. The van der Waals surface area contributed by atoms with Crippen LogP contribution in [0.3, 0.4) is 0 Å². The van der Waals surface area contributed by atoms with Crippen LogP contribution in [0.25, 0.3) is 22.9 Å². The highest BCUT2D eigenvalue weighted by Gasteiger charge is 2.23. The molecule has 6 aromatic rings. The van der Waals surface area contributed by atoms with E-state index in [0.717, 1.165) is 45.6 Å². The molecule has 0 radical (unpaired) electrons. The first-order valence-electron chi connectivity index (χ1n) is 13.8. The fraction of sp³-hybridized carbons (Fsp3) is 0.259. The van der Waals surface area contributed by atoms with E-state index in [9.17, 15) is 43.2 Å². The van der Waals surface area contributed by atoms with Crippen LogP contribution in [0.15, 0.2) is 56.3 Å². The summed E-state index contributed by atoms with van der Waals surface area (Å²) >= 11 is 5.25. The van der Waals surface area contributed by atoms with Crippen molar-refractivity contribution < 1.29 is 52.0 Å². The number of rotatable bonds is 11. The summed E-state index contributed by atoms with van der Waals surface area (Å²) in [4.78, 5) is 0. The van der Waals surface area contributed by atoms with Gasteiger partial charge in [-0.25, -0.2) is 29.9 Å². The maximum atomic E-state index is 14.4. The number of nitrogens with zero attached hydrogens (tertiary/aromatic N) is 9. The average Bonchev–Trinajstić information content (AvgIpc) is 3.92. The van der Waals surface area contributed by atoms with E-state index in [1.165, 1.54) is 41.4 Å². The van der Waals surface area contributed by atoms with Gasteiger partial charge in [0.15, 0.2) is 0 Å². The van der Waals surface area contributed by atoms with Crippen molar-refractivity contribution in [3.8, 4) is 22.9 Å². The lowest BCUT2D eigenvalue weighted by Gasteiger charge is -2.19. The predicted molar refractivity (Wildman–Crippen MR) is 188 cm³/mol. The molecule has 4 aromatic heterocycles. The van der Waals surface area contributed by atoms with Gasteiger partial charge in [0.2, 0.25) is 42.1 Å². The monoisotopic (exact) mass is 906 g/mol. The maximum absolute atomic E-state index is 14.4. The van der Waals surface area contributed by atoms with Gasteiger partial charge in [0.25, 0.3) is 11.8 Å². The van der Waals surface area contributed by atoms with E-state index in [4.69, 9.17) is 8.83 Å². The van der Waals surface area contributed by atoms with E-state index < -0.39 is 56.3 Å². The Hall–Kier alpha value is -4.60. The maximum Gasteiger partial charge on any atom is 0.314 e. The summed E-state index contributed by atoms with van der Waals surface area (Å²) in [6.07, 6.45) is -3.74. The minimum atomic E-state index is -3.72. The normalized spacial score (nSPS) is 11.3. The molecule has 0 aliphatic rings. The molecule has 0 saturated heterocycles. The third kappa shape index (κ3) is 12.5. The number of benzene rings is 2. The van der Waals surface area contributed by atoms with Gasteiger partial charge in [0.05, 0.1) is 19.1 Å². The van der Waals surface area contributed by atoms with Crippen molar-refractivity contribution in [2.24, 2.45) is 0 Å². The summed E-state index contributed by atoms with van der Waals surface area (Å²) in [6.45, 7) is -0.313. The lowest BCUT2D eigenvalue weighted by molar-refractivity contribution is 0.115. The first-order chi connectivity index (χ1) is 24.9. The van der Waals surface area contributed by atoms with Gasteiger partial charge in [-0.05, 0) is 29.8 Å². The predicted octanol–water partition coefficient (Wildman–Crippen LogP) is 6.88. The highest BCUT2D eigenvalue weighted by Crippen LogP contribution is 2.28.